The summed E-state index contributed by atoms with van der Waals surface area (Å²) in [6.45, 7) is 4.57. The molecule has 2 rings (SSSR count). The third-order valence-corrected chi connectivity index (χ3v) is 4.63. The van der Waals surface area contributed by atoms with E-state index < -0.39 is 0 Å². The number of carbonyl (C=O) groups is 1. The van der Waals surface area contributed by atoms with Gasteiger partial charge in [0.2, 0.25) is 5.78 Å². The molecule has 0 radical (unpaired) electrons. The number of hydrogen-bond donors (Lipinski definition) is 1. The van der Waals surface area contributed by atoms with Crippen LogP contribution in [0.1, 0.15) is 34.3 Å². The van der Waals surface area contributed by atoms with E-state index in [9.17, 15) is 4.79 Å². The molecule has 6 heteroatoms. The summed E-state index contributed by atoms with van der Waals surface area (Å²) in [5.74, 6) is 0.560. The number of carbonyl (C=O) groups excluding carboxylic acids is 1. The lowest BCUT2D eigenvalue weighted by molar-refractivity contribution is -0.664. The average molecular weight is 347 g/mol. The molecule has 0 aliphatic rings. The van der Waals surface area contributed by atoms with Crippen molar-refractivity contribution in [2.24, 2.45) is 0 Å². The Labute approximate surface area is 125 Å². The van der Waals surface area contributed by atoms with Gasteiger partial charge >= 0.3 is 5.13 Å². The lowest BCUT2D eigenvalue weighted by atomic mass is 10.2. The average Bonchev–Trinajstić information content (AvgIpc) is 2.88. The molecule has 2 aromatic rings. The SMILES string of the molecule is CC(C)c1c[n+](CC(=O)c2cccs2)c(N)s1.[Br-]. The molecule has 0 amide bonds. The van der Waals surface area contributed by atoms with Gasteiger partial charge < -0.3 is 17.0 Å². The highest BCUT2D eigenvalue weighted by Crippen LogP contribution is 2.22. The van der Waals surface area contributed by atoms with Gasteiger partial charge in [-0.15, -0.1) is 11.3 Å². The first-order valence-corrected chi connectivity index (χ1v) is 7.13. The number of nitrogens with two attached hydrogens (primary N) is 1. The van der Waals surface area contributed by atoms with E-state index in [0.29, 0.717) is 17.6 Å². The number of thiophene rings is 1. The zero-order valence-electron chi connectivity index (χ0n) is 10.2. The number of aromatic nitrogens is 1. The van der Waals surface area contributed by atoms with Crippen LogP contribution < -0.4 is 27.3 Å². The Balaban J connectivity index is 0.00000162. The van der Waals surface area contributed by atoms with E-state index in [1.165, 1.54) is 16.2 Å². The third-order valence-electron chi connectivity index (χ3n) is 2.47. The standard InChI is InChI=1S/C12H14N2OS2.BrH/c1-8(2)11-7-14(12(13)17-11)6-9(15)10-4-3-5-16-10;/h3-5,7-8,13H,6H2,1-2H3;1H. The van der Waals surface area contributed by atoms with E-state index >= 15 is 0 Å². The van der Waals surface area contributed by atoms with Crippen LogP contribution in [-0.2, 0) is 6.54 Å². The van der Waals surface area contributed by atoms with Gasteiger partial charge in [0.25, 0.3) is 0 Å². The first-order valence-electron chi connectivity index (χ1n) is 5.43. The summed E-state index contributed by atoms with van der Waals surface area (Å²) in [6.07, 6.45) is 1.98. The topological polar surface area (TPSA) is 47.0 Å². The van der Waals surface area contributed by atoms with Crippen LogP contribution in [0, 0.1) is 0 Å². The van der Waals surface area contributed by atoms with Crippen molar-refractivity contribution in [3.63, 3.8) is 0 Å². The number of anilines is 1. The van der Waals surface area contributed by atoms with Crippen LogP contribution in [0.5, 0.6) is 0 Å². The van der Waals surface area contributed by atoms with Crippen LogP contribution in [0.4, 0.5) is 5.13 Å². The summed E-state index contributed by atoms with van der Waals surface area (Å²) in [4.78, 5) is 13.9. The number of nitrogen functional groups attached to an aromatic ring is 1. The van der Waals surface area contributed by atoms with Gasteiger partial charge in [-0.25, -0.2) is 4.57 Å². The largest absolute Gasteiger partial charge is 1.00 e. The van der Waals surface area contributed by atoms with Gasteiger partial charge in [0.1, 0.15) is 6.20 Å². The Morgan fingerprint density at radius 1 is 1.50 bits per heavy atom. The molecule has 0 aliphatic carbocycles. The van der Waals surface area contributed by atoms with Crippen LogP contribution in [0.3, 0.4) is 0 Å². The Morgan fingerprint density at radius 2 is 2.22 bits per heavy atom. The van der Waals surface area contributed by atoms with Gasteiger partial charge in [-0.1, -0.05) is 31.3 Å². The zero-order chi connectivity index (χ0) is 12.4. The molecule has 0 atom stereocenters. The molecule has 0 unspecified atom stereocenters. The Bertz CT molecular complexity index is 520. The van der Waals surface area contributed by atoms with Crippen LogP contribution >= 0.6 is 22.7 Å². The highest BCUT2D eigenvalue weighted by Gasteiger charge is 2.18. The molecule has 2 aromatic heterocycles. The fourth-order valence-corrected chi connectivity index (χ4v) is 3.03. The first-order chi connectivity index (χ1) is 8.08. The van der Waals surface area contributed by atoms with E-state index in [2.05, 4.69) is 13.8 Å². The molecule has 3 nitrogen and oxygen atoms in total. The van der Waals surface area contributed by atoms with Crippen LogP contribution in [-0.4, -0.2) is 5.78 Å². The van der Waals surface area contributed by atoms with Crippen molar-refractivity contribution in [3.05, 3.63) is 33.5 Å². The summed E-state index contributed by atoms with van der Waals surface area (Å²) < 4.78 is 1.84. The van der Waals surface area contributed by atoms with Gasteiger partial charge in [0.15, 0.2) is 6.54 Å². The number of thiazole rings is 1. The van der Waals surface area contributed by atoms with Crippen molar-refractivity contribution >= 4 is 33.6 Å². The highest BCUT2D eigenvalue weighted by molar-refractivity contribution is 7.15. The maximum Gasteiger partial charge on any atom is 0.332 e. The molecule has 18 heavy (non-hydrogen) atoms. The normalized spacial score (nSPS) is 10.4. The minimum absolute atomic E-state index is 0. The van der Waals surface area contributed by atoms with E-state index in [1.807, 2.05) is 28.3 Å². The van der Waals surface area contributed by atoms with Crippen molar-refractivity contribution < 1.29 is 26.3 Å². The number of hydrogen-bond acceptors (Lipinski definition) is 4. The Kier molecular flexibility index (Phi) is 5.49. The number of ketones is 1. The van der Waals surface area contributed by atoms with Gasteiger partial charge in [-0.2, -0.15) is 0 Å². The highest BCUT2D eigenvalue weighted by atomic mass is 79.9. The monoisotopic (exact) mass is 346 g/mol. The predicted octanol–water partition coefficient (Wildman–Crippen LogP) is -0.310. The molecule has 2 heterocycles. The van der Waals surface area contributed by atoms with Gasteiger partial charge in [0, 0.05) is 0 Å². The van der Waals surface area contributed by atoms with Gasteiger partial charge in [0.05, 0.1) is 9.75 Å². The molecular weight excluding hydrogens is 332 g/mol. The van der Waals surface area contributed by atoms with Crippen molar-refractivity contribution in [2.45, 2.75) is 26.3 Å². The summed E-state index contributed by atoms with van der Waals surface area (Å²) in [7, 11) is 0. The number of Topliss-reactive ketones (excluding diaryl/α,β-unsaturated/α-hetero) is 1. The Morgan fingerprint density at radius 3 is 2.72 bits per heavy atom. The molecule has 0 spiro atoms. The van der Waals surface area contributed by atoms with E-state index in [4.69, 9.17) is 5.73 Å². The third kappa shape index (κ3) is 3.40. The lowest BCUT2D eigenvalue weighted by Crippen LogP contribution is -3.00. The lowest BCUT2D eigenvalue weighted by Gasteiger charge is -1.96. The molecule has 0 saturated heterocycles. The summed E-state index contributed by atoms with van der Waals surface area (Å²) in [5.41, 5.74) is 5.91. The second-order valence-corrected chi connectivity index (χ2v) is 6.20. The molecular formula is C12H15BrN2OS2. The maximum atomic E-state index is 11.9. The van der Waals surface area contributed by atoms with E-state index in [0.717, 1.165) is 4.88 Å². The van der Waals surface area contributed by atoms with Crippen LogP contribution in [0.25, 0.3) is 0 Å². The first kappa shape index (κ1) is 15.3. The maximum absolute atomic E-state index is 11.9. The van der Waals surface area contributed by atoms with Gasteiger partial charge in [-0.05, 0) is 17.4 Å². The van der Waals surface area contributed by atoms with Crippen LogP contribution in [0.2, 0.25) is 0 Å². The smallest absolute Gasteiger partial charge is 0.332 e. The molecule has 0 aromatic carbocycles. The number of rotatable bonds is 4. The molecule has 0 saturated carbocycles. The second kappa shape index (κ2) is 6.45. The molecule has 98 valence electrons. The fourth-order valence-electron chi connectivity index (χ4n) is 1.48. The minimum atomic E-state index is 0. The fraction of sp³-hybridized carbons (Fsp3) is 0.333. The van der Waals surface area contributed by atoms with E-state index in [1.54, 1.807) is 11.3 Å². The Hall–Kier alpha value is -0.720. The molecule has 0 fully saturated rings. The van der Waals surface area contributed by atoms with Crippen molar-refractivity contribution in [1.82, 2.24) is 0 Å². The molecule has 2 N–H and O–H groups in total. The quantitative estimate of drug-likeness (QED) is 0.609. The second-order valence-electron chi connectivity index (χ2n) is 4.15. The number of halogens is 1. The van der Waals surface area contributed by atoms with Crippen molar-refractivity contribution in [2.75, 3.05) is 5.73 Å². The summed E-state index contributed by atoms with van der Waals surface area (Å²) in [5, 5.41) is 2.60. The summed E-state index contributed by atoms with van der Waals surface area (Å²) >= 11 is 3.02. The number of nitrogens with zero attached hydrogens (tertiary/aromatic N) is 1. The molecule has 0 aliphatic heterocycles. The zero-order valence-corrected chi connectivity index (χ0v) is 13.4. The van der Waals surface area contributed by atoms with Crippen molar-refractivity contribution in [1.29, 1.82) is 0 Å². The minimum Gasteiger partial charge on any atom is -1.00 e. The molecule has 0 bridgehead atoms. The summed E-state index contributed by atoms with van der Waals surface area (Å²) in [6, 6.07) is 3.73. The van der Waals surface area contributed by atoms with E-state index in [-0.39, 0.29) is 22.8 Å². The van der Waals surface area contributed by atoms with Gasteiger partial charge in [-0.3, -0.25) is 10.5 Å². The van der Waals surface area contributed by atoms with Crippen molar-refractivity contribution in [3.8, 4) is 0 Å². The predicted molar refractivity (Wildman–Crippen MR) is 71.7 cm³/mol. The van der Waals surface area contributed by atoms with Crippen LogP contribution in [0.15, 0.2) is 23.7 Å².